The van der Waals surface area contributed by atoms with E-state index in [-0.39, 0.29) is 29.8 Å². The largest absolute Gasteiger partial charge is 0.353 e. The van der Waals surface area contributed by atoms with Gasteiger partial charge in [0.15, 0.2) is 0 Å². The van der Waals surface area contributed by atoms with Crippen molar-refractivity contribution < 1.29 is 14.4 Å². The third-order valence-electron chi connectivity index (χ3n) is 7.28. The summed E-state index contributed by atoms with van der Waals surface area (Å²) < 4.78 is 0. The van der Waals surface area contributed by atoms with E-state index in [0.29, 0.717) is 36.5 Å². The van der Waals surface area contributed by atoms with Crippen molar-refractivity contribution in [1.29, 1.82) is 0 Å². The van der Waals surface area contributed by atoms with Gasteiger partial charge in [-0.15, -0.1) is 0 Å². The number of rotatable bonds is 1. The predicted molar refractivity (Wildman–Crippen MR) is 113 cm³/mol. The minimum atomic E-state index is 0.135. The Balaban J connectivity index is 1.76. The topological polar surface area (TPSA) is 69.7 Å². The minimum Gasteiger partial charge on any atom is -0.353 e. The average Bonchev–Trinajstić information content (AvgIpc) is 2.66. The Kier molecular flexibility index (Phi) is 7.23. The molecule has 0 saturated carbocycles. The van der Waals surface area contributed by atoms with Crippen molar-refractivity contribution in [3.05, 3.63) is 0 Å². The smallest absolute Gasteiger partial charge is 0.223 e. The van der Waals surface area contributed by atoms with Crippen LogP contribution >= 0.6 is 0 Å². The molecule has 2 bridgehead atoms. The second-order valence-corrected chi connectivity index (χ2v) is 10.1. The lowest BCUT2D eigenvalue weighted by molar-refractivity contribution is -0.145. The molecule has 0 aliphatic carbocycles. The number of carbonyl (C=O) groups excluding carboxylic acids is 3. The van der Waals surface area contributed by atoms with Crippen LogP contribution in [0, 0.1) is 23.7 Å². The molecule has 6 nitrogen and oxygen atoms in total. The van der Waals surface area contributed by atoms with E-state index >= 15 is 0 Å². The molecule has 3 amide bonds. The Bertz CT molecular complexity index is 620. The molecule has 29 heavy (non-hydrogen) atoms. The molecule has 0 aromatic carbocycles. The lowest BCUT2D eigenvalue weighted by atomic mass is 9.77. The summed E-state index contributed by atoms with van der Waals surface area (Å²) in [6.07, 6.45) is 5.73. The zero-order valence-corrected chi connectivity index (χ0v) is 18.7. The van der Waals surface area contributed by atoms with Crippen molar-refractivity contribution in [3.63, 3.8) is 0 Å². The van der Waals surface area contributed by atoms with Gasteiger partial charge in [-0.25, -0.2) is 0 Å². The molecule has 6 heteroatoms. The summed E-state index contributed by atoms with van der Waals surface area (Å²) >= 11 is 0. The van der Waals surface area contributed by atoms with Gasteiger partial charge in [0.2, 0.25) is 17.7 Å². The Morgan fingerprint density at radius 2 is 1.86 bits per heavy atom. The quantitative estimate of drug-likeness (QED) is 0.729. The van der Waals surface area contributed by atoms with Gasteiger partial charge in [0, 0.05) is 51.5 Å². The van der Waals surface area contributed by atoms with Gasteiger partial charge in [-0.2, -0.15) is 0 Å². The van der Waals surface area contributed by atoms with Crippen molar-refractivity contribution >= 4 is 17.7 Å². The number of nitrogens with zero attached hydrogens (tertiary/aromatic N) is 2. The Hall–Kier alpha value is -1.59. The van der Waals surface area contributed by atoms with E-state index in [1.54, 1.807) is 6.92 Å². The van der Waals surface area contributed by atoms with E-state index in [4.69, 9.17) is 0 Å². The molecule has 1 N–H and O–H groups in total. The molecule has 0 unspecified atom stereocenters. The third kappa shape index (κ3) is 5.52. The van der Waals surface area contributed by atoms with Crippen LogP contribution in [0.15, 0.2) is 0 Å². The van der Waals surface area contributed by atoms with Crippen LogP contribution in [-0.2, 0) is 14.4 Å². The minimum absolute atomic E-state index is 0.135. The number of piperidine rings is 2. The summed E-state index contributed by atoms with van der Waals surface area (Å²) in [5.41, 5.74) is 0. The summed E-state index contributed by atoms with van der Waals surface area (Å²) in [6, 6.07) is 0.342. The molecule has 5 atom stereocenters. The number of fused-ring (bicyclic) bond motifs is 4. The number of hydrogen-bond donors (Lipinski definition) is 1. The fourth-order valence-corrected chi connectivity index (χ4v) is 5.57. The standard InChI is InChI=1S/C23H39N3O3/c1-15(2)20-9-8-16(3)10-23(29)26-13-18-11-19(14-25(12-18)17(4)27)21(26)6-5-7-22(28)24-20/h15-16,18-21H,5-14H2,1-4H3,(H,24,28)/t16-,18+,19+,20+,21+/m1/s1. The zero-order valence-electron chi connectivity index (χ0n) is 18.7. The number of nitrogens with one attached hydrogen (secondary N) is 1. The molecule has 3 rings (SSSR count). The number of hydrogen-bond acceptors (Lipinski definition) is 3. The van der Waals surface area contributed by atoms with Crippen LogP contribution in [0.2, 0.25) is 0 Å². The first-order chi connectivity index (χ1) is 13.7. The van der Waals surface area contributed by atoms with E-state index in [0.717, 1.165) is 51.7 Å². The second-order valence-electron chi connectivity index (χ2n) is 10.1. The lowest BCUT2D eigenvalue weighted by Crippen LogP contribution is -2.60. The van der Waals surface area contributed by atoms with Crippen LogP contribution in [0.25, 0.3) is 0 Å². The summed E-state index contributed by atoms with van der Waals surface area (Å²) in [6.45, 7) is 10.4. The Morgan fingerprint density at radius 3 is 2.55 bits per heavy atom. The van der Waals surface area contributed by atoms with E-state index in [1.807, 2.05) is 4.90 Å². The Labute approximate surface area is 175 Å². The zero-order chi connectivity index (χ0) is 21.1. The molecule has 3 heterocycles. The van der Waals surface area contributed by atoms with Gasteiger partial charge in [-0.3, -0.25) is 14.4 Å². The van der Waals surface area contributed by atoms with Crippen LogP contribution in [0.3, 0.4) is 0 Å². The third-order valence-corrected chi connectivity index (χ3v) is 7.28. The normalized spacial score (nSPS) is 34.6. The monoisotopic (exact) mass is 405 g/mol. The molecule has 0 spiro atoms. The highest BCUT2D eigenvalue weighted by atomic mass is 16.2. The first-order valence-corrected chi connectivity index (χ1v) is 11.6. The molecule has 3 aliphatic heterocycles. The van der Waals surface area contributed by atoms with Crippen molar-refractivity contribution in [1.82, 2.24) is 15.1 Å². The highest BCUT2D eigenvalue weighted by Gasteiger charge is 2.43. The van der Waals surface area contributed by atoms with Crippen molar-refractivity contribution in [3.8, 4) is 0 Å². The molecular weight excluding hydrogens is 366 g/mol. The maximum absolute atomic E-state index is 13.2. The van der Waals surface area contributed by atoms with E-state index in [2.05, 4.69) is 31.0 Å². The van der Waals surface area contributed by atoms with Crippen molar-refractivity contribution in [2.75, 3.05) is 19.6 Å². The predicted octanol–water partition coefficient (Wildman–Crippen LogP) is 2.81. The summed E-state index contributed by atoms with van der Waals surface area (Å²) in [4.78, 5) is 41.8. The first kappa shape index (κ1) is 22.1. The summed E-state index contributed by atoms with van der Waals surface area (Å²) in [7, 11) is 0. The number of likely N-dealkylation sites (tertiary alicyclic amines) is 1. The second kappa shape index (κ2) is 9.48. The number of amides is 3. The Morgan fingerprint density at radius 1 is 1.10 bits per heavy atom. The fraction of sp³-hybridized carbons (Fsp3) is 0.870. The van der Waals surface area contributed by atoms with Crippen LogP contribution < -0.4 is 5.32 Å². The molecule has 3 aliphatic rings. The van der Waals surface area contributed by atoms with Gasteiger partial charge >= 0.3 is 0 Å². The fourth-order valence-electron chi connectivity index (χ4n) is 5.57. The molecule has 3 saturated heterocycles. The van der Waals surface area contributed by atoms with E-state index < -0.39 is 0 Å². The van der Waals surface area contributed by atoms with Crippen LogP contribution in [0.1, 0.15) is 72.6 Å². The van der Waals surface area contributed by atoms with Gasteiger partial charge in [0.1, 0.15) is 0 Å². The average molecular weight is 406 g/mol. The van der Waals surface area contributed by atoms with E-state index in [9.17, 15) is 14.4 Å². The molecular formula is C23H39N3O3. The van der Waals surface area contributed by atoms with Gasteiger partial charge in [0.05, 0.1) is 0 Å². The molecule has 3 fully saturated rings. The van der Waals surface area contributed by atoms with Crippen LogP contribution in [0.4, 0.5) is 0 Å². The SMILES string of the molecule is CC(=O)N1C[C@@H]2C[C@@H](C1)[C@@H]1CCCC(=O)N[C@H](C(C)C)CC[C@@H](C)CC(=O)N1C2. The van der Waals surface area contributed by atoms with Crippen molar-refractivity contribution in [2.45, 2.75) is 84.7 Å². The van der Waals surface area contributed by atoms with Gasteiger partial charge in [0.25, 0.3) is 0 Å². The van der Waals surface area contributed by atoms with Crippen LogP contribution in [-0.4, -0.2) is 59.2 Å². The number of carbonyl (C=O) groups is 3. The summed E-state index contributed by atoms with van der Waals surface area (Å²) in [5.74, 6) is 1.98. The van der Waals surface area contributed by atoms with Gasteiger partial charge < -0.3 is 15.1 Å². The van der Waals surface area contributed by atoms with E-state index in [1.165, 1.54) is 0 Å². The highest BCUT2D eigenvalue weighted by molar-refractivity contribution is 5.78. The first-order valence-electron chi connectivity index (χ1n) is 11.6. The lowest BCUT2D eigenvalue weighted by Gasteiger charge is -2.51. The highest BCUT2D eigenvalue weighted by Crippen LogP contribution is 2.36. The van der Waals surface area contributed by atoms with Crippen molar-refractivity contribution in [2.24, 2.45) is 23.7 Å². The molecule has 0 aromatic rings. The van der Waals surface area contributed by atoms with Gasteiger partial charge in [-0.1, -0.05) is 20.8 Å². The summed E-state index contributed by atoms with van der Waals surface area (Å²) in [5, 5.41) is 3.23. The molecule has 0 aromatic heterocycles. The maximum atomic E-state index is 13.2. The molecule has 0 radical (unpaired) electrons. The van der Waals surface area contributed by atoms with Gasteiger partial charge in [-0.05, 0) is 55.8 Å². The maximum Gasteiger partial charge on any atom is 0.223 e. The molecule has 164 valence electrons. The van der Waals surface area contributed by atoms with Crippen LogP contribution in [0.5, 0.6) is 0 Å².